The SMILES string of the molecule is Cc1nc(C(N)c2cc(C)sc2C)no1. The van der Waals surface area contributed by atoms with Crippen LogP contribution < -0.4 is 5.73 Å². The van der Waals surface area contributed by atoms with Crippen LogP contribution in [0.1, 0.15) is 33.1 Å². The summed E-state index contributed by atoms with van der Waals surface area (Å²) < 4.78 is 4.92. The number of nitrogens with zero attached hydrogens (tertiary/aromatic N) is 2. The van der Waals surface area contributed by atoms with Crippen molar-refractivity contribution in [3.8, 4) is 0 Å². The van der Waals surface area contributed by atoms with Gasteiger partial charge in [0.05, 0.1) is 6.04 Å². The summed E-state index contributed by atoms with van der Waals surface area (Å²) in [6.07, 6.45) is 0. The zero-order chi connectivity index (χ0) is 11.0. The van der Waals surface area contributed by atoms with Crippen LogP contribution in [0.5, 0.6) is 0 Å². The second-order valence-corrected chi connectivity index (χ2v) is 4.98. The van der Waals surface area contributed by atoms with Crippen LogP contribution in [0.2, 0.25) is 0 Å². The number of hydrogen-bond acceptors (Lipinski definition) is 5. The number of aryl methyl sites for hydroxylation is 3. The van der Waals surface area contributed by atoms with E-state index in [-0.39, 0.29) is 6.04 Å². The Bertz CT molecular complexity index is 475. The van der Waals surface area contributed by atoms with Gasteiger partial charge in [-0.1, -0.05) is 5.16 Å². The maximum absolute atomic E-state index is 6.07. The molecule has 0 radical (unpaired) electrons. The molecule has 0 aliphatic heterocycles. The maximum Gasteiger partial charge on any atom is 0.223 e. The van der Waals surface area contributed by atoms with Gasteiger partial charge in [-0.25, -0.2) is 0 Å². The van der Waals surface area contributed by atoms with E-state index in [2.05, 4.69) is 30.1 Å². The normalized spacial score (nSPS) is 13.1. The van der Waals surface area contributed by atoms with E-state index >= 15 is 0 Å². The van der Waals surface area contributed by atoms with Gasteiger partial charge in [-0.05, 0) is 25.5 Å². The van der Waals surface area contributed by atoms with Gasteiger partial charge in [-0.3, -0.25) is 0 Å². The minimum atomic E-state index is -0.285. The van der Waals surface area contributed by atoms with E-state index in [1.807, 2.05) is 0 Å². The Kier molecular flexibility index (Phi) is 2.58. The van der Waals surface area contributed by atoms with Crippen molar-refractivity contribution in [2.24, 2.45) is 5.73 Å². The molecule has 15 heavy (non-hydrogen) atoms. The predicted octanol–water partition coefficient (Wildman–Crippen LogP) is 2.10. The molecule has 0 saturated carbocycles. The van der Waals surface area contributed by atoms with Crippen LogP contribution in [0.4, 0.5) is 0 Å². The van der Waals surface area contributed by atoms with Crippen molar-refractivity contribution in [3.05, 3.63) is 33.1 Å². The molecule has 0 saturated heterocycles. The van der Waals surface area contributed by atoms with E-state index in [1.54, 1.807) is 18.3 Å². The van der Waals surface area contributed by atoms with Crippen molar-refractivity contribution in [1.82, 2.24) is 10.1 Å². The topological polar surface area (TPSA) is 64.9 Å². The van der Waals surface area contributed by atoms with E-state index in [0.29, 0.717) is 11.7 Å². The van der Waals surface area contributed by atoms with E-state index in [0.717, 1.165) is 5.56 Å². The van der Waals surface area contributed by atoms with Crippen LogP contribution in [0.15, 0.2) is 10.6 Å². The molecule has 2 rings (SSSR count). The summed E-state index contributed by atoms with van der Waals surface area (Å²) >= 11 is 1.73. The standard InChI is InChI=1S/C10H13N3OS/c1-5-4-8(6(2)15-5)9(11)10-12-7(3)14-13-10/h4,9H,11H2,1-3H3. The Morgan fingerprint density at radius 3 is 2.60 bits per heavy atom. The number of aromatic nitrogens is 2. The van der Waals surface area contributed by atoms with Gasteiger partial charge in [-0.2, -0.15) is 4.98 Å². The highest BCUT2D eigenvalue weighted by Gasteiger charge is 2.18. The molecule has 2 aromatic heterocycles. The summed E-state index contributed by atoms with van der Waals surface area (Å²) in [7, 11) is 0. The summed E-state index contributed by atoms with van der Waals surface area (Å²) in [6, 6.07) is 1.79. The highest BCUT2D eigenvalue weighted by Crippen LogP contribution is 2.27. The minimum Gasteiger partial charge on any atom is -0.340 e. The van der Waals surface area contributed by atoms with Gasteiger partial charge in [0.25, 0.3) is 0 Å². The summed E-state index contributed by atoms with van der Waals surface area (Å²) in [6.45, 7) is 5.88. The molecule has 1 atom stereocenters. The highest BCUT2D eigenvalue weighted by atomic mass is 32.1. The third kappa shape index (κ3) is 1.93. The summed E-state index contributed by atoms with van der Waals surface area (Å²) in [4.78, 5) is 6.60. The van der Waals surface area contributed by atoms with Crippen molar-refractivity contribution in [2.75, 3.05) is 0 Å². The zero-order valence-electron chi connectivity index (χ0n) is 8.94. The molecule has 2 N–H and O–H groups in total. The van der Waals surface area contributed by atoms with Gasteiger partial charge >= 0.3 is 0 Å². The van der Waals surface area contributed by atoms with E-state index in [1.165, 1.54) is 9.75 Å². The average molecular weight is 223 g/mol. The number of hydrogen-bond donors (Lipinski definition) is 1. The van der Waals surface area contributed by atoms with Crippen LogP contribution in [-0.2, 0) is 0 Å². The Morgan fingerprint density at radius 1 is 1.40 bits per heavy atom. The fourth-order valence-electron chi connectivity index (χ4n) is 1.54. The first-order valence-corrected chi connectivity index (χ1v) is 5.52. The van der Waals surface area contributed by atoms with Crippen molar-refractivity contribution in [1.29, 1.82) is 0 Å². The van der Waals surface area contributed by atoms with Gasteiger partial charge in [0.2, 0.25) is 5.89 Å². The van der Waals surface area contributed by atoms with Crippen molar-refractivity contribution < 1.29 is 4.52 Å². The fourth-order valence-corrected chi connectivity index (χ4v) is 2.51. The minimum absolute atomic E-state index is 0.285. The summed E-state index contributed by atoms with van der Waals surface area (Å²) in [5.41, 5.74) is 7.15. The quantitative estimate of drug-likeness (QED) is 0.846. The zero-order valence-corrected chi connectivity index (χ0v) is 9.76. The molecule has 1 unspecified atom stereocenters. The predicted molar refractivity (Wildman–Crippen MR) is 58.9 cm³/mol. The molecule has 5 heteroatoms. The van der Waals surface area contributed by atoms with Gasteiger partial charge in [0.1, 0.15) is 0 Å². The van der Waals surface area contributed by atoms with Crippen molar-refractivity contribution >= 4 is 11.3 Å². The lowest BCUT2D eigenvalue weighted by atomic mass is 10.1. The molecule has 0 spiro atoms. The van der Waals surface area contributed by atoms with Crippen LogP contribution >= 0.6 is 11.3 Å². The molecule has 0 fully saturated rings. The first kappa shape index (κ1) is 10.3. The molecule has 0 aliphatic rings. The first-order valence-electron chi connectivity index (χ1n) is 4.70. The molecule has 0 bridgehead atoms. The van der Waals surface area contributed by atoms with Crippen LogP contribution in [0.25, 0.3) is 0 Å². The lowest BCUT2D eigenvalue weighted by Gasteiger charge is -2.05. The molecule has 2 heterocycles. The molecule has 0 aromatic carbocycles. The van der Waals surface area contributed by atoms with E-state index in [4.69, 9.17) is 10.3 Å². The average Bonchev–Trinajstić information content (AvgIpc) is 2.71. The van der Waals surface area contributed by atoms with Crippen LogP contribution in [0, 0.1) is 20.8 Å². The molecular formula is C10H13N3OS. The third-order valence-electron chi connectivity index (χ3n) is 2.24. The first-order chi connectivity index (χ1) is 7.08. The molecular weight excluding hydrogens is 210 g/mol. The monoisotopic (exact) mass is 223 g/mol. The molecule has 4 nitrogen and oxygen atoms in total. The van der Waals surface area contributed by atoms with Gasteiger partial charge in [-0.15, -0.1) is 11.3 Å². The largest absolute Gasteiger partial charge is 0.340 e. The highest BCUT2D eigenvalue weighted by molar-refractivity contribution is 7.12. The van der Waals surface area contributed by atoms with Gasteiger partial charge in [0.15, 0.2) is 5.82 Å². The number of rotatable bonds is 2. The van der Waals surface area contributed by atoms with Crippen molar-refractivity contribution in [3.63, 3.8) is 0 Å². The summed E-state index contributed by atoms with van der Waals surface area (Å²) in [5.74, 6) is 1.10. The van der Waals surface area contributed by atoms with E-state index < -0.39 is 0 Å². The van der Waals surface area contributed by atoms with E-state index in [9.17, 15) is 0 Å². The third-order valence-corrected chi connectivity index (χ3v) is 3.22. The smallest absolute Gasteiger partial charge is 0.223 e. The molecule has 2 aromatic rings. The maximum atomic E-state index is 6.07. The fraction of sp³-hybridized carbons (Fsp3) is 0.400. The molecule has 80 valence electrons. The van der Waals surface area contributed by atoms with Crippen LogP contribution in [-0.4, -0.2) is 10.1 Å². The van der Waals surface area contributed by atoms with Crippen LogP contribution in [0.3, 0.4) is 0 Å². The molecule has 0 amide bonds. The lowest BCUT2D eigenvalue weighted by molar-refractivity contribution is 0.385. The Balaban J connectivity index is 2.35. The Hall–Kier alpha value is -1.20. The second-order valence-electron chi connectivity index (χ2n) is 3.52. The molecule has 0 aliphatic carbocycles. The van der Waals surface area contributed by atoms with Gasteiger partial charge in [0, 0.05) is 16.7 Å². The lowest BCUT2D eigenvalue weighted by Crippen LogP contribution is -2.13. The number of thiophene rings is 1. The Morgan fingerprint density at radius 2 is 2.13 bits per heavy atom. The number of nitrogens with two attached hydrogens (primary N) is 1. The van der Waals surface area contributed by atoms with Crippen molar-refractivity contribution in [2.45, 2.75) is 26.8 Å². The second kappa shape index (κ2) is 3.75. The summed E-state index contributed by atoms with van der Waals surface area (Å²) in [5, 5.41) is 3.84. The Labute approximate surface area is 92.1 Å². The van der Waals surface area contributed by atoms with Gasteiger partial charge < -0.3 is 10.3 Å².